The van der Waals surface area contributed by atoms with Crippen molar-refractivity contribution >= 4 is 0 Å². The van der Waals surface area contributed by atoms with Gasteiger partial charge in [0.2, 0.25) is 0 Å². The molecule has 0 aromatic heterocycles. The first kappa shape index (κ1) is 14.0. The molecular weight excluding hydrogens is 198 g/mol. The van der Waals surface area contributed by atoms with Gasteiger partial charge in [-0.2, -0.15) is 0 Å². The zero-order chi connectivity index (χ0) is 12.0. The van der Waals surface area contributed by atoms with Crippen molar-refractivity contribution < 1.29 is 4.74 Å². The molecule has 0 amide bonds. The summed E-state index contributed by atoms with van der Waals surface area (Å²) in [5.74, 6) is 0.704. The summed E-state index contributed by atoms with van der Waals surface area (Å²) >= 11 is 0. The number of ether oxygens (including phenoxy) is 1. The molecule has 1 aliphatic rings. The molecule has 0 aliphatic heterocycles. The molecule has 0 spiro atoms. The molecule has 0 saturated heterocycles. The summed E-state index contributed by atoms with van der Waals surface area (Å²) < 4.78 is 6.29. The minimum atomic E-state index is -0.00912. The van der Waals surface area contributed by atoms with E-state index in [0.717, 1.165) is 19.3 Å². The predicted molar refractivity (Wildman–Crippen MR) is 69.5 cm³/mol. The normalized spacial score (nSPS) is 23.1. The molecule has 1 aliphatic carbocycles. The summed E-state index contributed by atoms with van der Waals surface area (Å²) in [6, 6.07) is 0. The van der Waals surface area contributed by atoms with Gasteiger partial charge in [-0.05, 0) is 32.1 Å². The highest BCUT2D eigenvalue weighted by atomic mass is 16.5. The molecule has 1 unspecified atom stereocenters. The van der Waals surface area contributed by atoms with E-state index in [9.17, 15) is 0 Å². The highest BCUT2D eigenvalue weighted by Crippen LogP contribution is 2.31. The molecule has 1 atom stereocenters. The van der Waals surface area contributed by atoms with E-state index in [4.69, 9.17) is 10.5 Å². The molecule has 2 N–H and O–H groups in total. The van der Waals surface area contributed by atoms with Crippen molar-refractivity contribution in [1.29, 1.82) is 0 Å². The second-order valence-corrected chi connectivity index (χ2v) is 5.86. The molecule has 0 heterocycles. The van der Waals surface area contributed by atoms with Crippen molar-refractivity contribution in [3.05, 3.63) is 0 Å². The lowest BCUT2D eigenvalue weighted by atomic mass is 9.93. The number of rotatable bonds is 5. The van der Waals surface area contributed by atoms with E-state index in [2.05, 4.69) is 20.8 Å². The van der Waals surface area contributed by atoms with E-state index in [-0.39, 0.29) is 5.60 Å². The number of hydrogen-bond acceptors (Lipinski definition) is 2. The first-order valence-electron chi connectivity index (χ1n) is 6.96. The van der Waals surface area contributed by atoms with Gasteiger partial charge in [-0.3, -0.25) is 0 Å². The second-order valence-electron chi connectivity index (χ2n) is 5.86. The van der Waals surface area contributed by atoms with E-state index in [0.29, 0.717) is 18.6 Å². The first-order valence-corrected chi connectivity index (χ1v) is 6.96. The summed E-state index contributed by atoms with van der Waals surface area (Å²) in [5, 5.41) is 0. The van der Waals surface area contributed by atoms with Gasteiger partial charge in [-0.15, -0.1) is 0 Å². The van der Waals surface area contributed by atoms with E-state index in [1.807, 2.05) is 0 Å². The molecule has 0 aromatic carbocycles. The Hall–Kier alpha value is -0.0800. The van der Waals surface area contributed by atoms with Gasteiger partial charge < -0.3 is 10.5 Å². The van der Waals surface area contributed by atoms with Gasteiger partial charge >= 0.3 is 0 Å². The fraction of sp³-hybridized carbons (Fsp3) is 1.00. The van der Waals surface area contributed by atoms with E-state index in [1.165, 1.54) is 25.7 Å². The summed E-state index contributed by atoms with van der Waals surface area (Å²) in [6.45, 7) is 7.39. The molecular formula is C14H29NO. The van der Waals surface area contributed by atoms with Crippen LogP contribution in [0.5, 0.6) is 0 Å². The van der Waals surface area contributed by atoms with Crippen LogP contribution in [-0.2, 0) is 4.74 Å². The van der Waals surface area contributed by atoms with Crippen molar-refractivity contribution in [2.24, 2.45) is 11.7 Å². The van der Waals surface area contributed by atoms with Crippen LogP contribution in [0.1, 0.15) is 65.7 Å². The molecule has 0 aromatic rings. The van der Waals surface area contributed by atoms with Gasteiger partial charge in [0.25, 0.3) is 0 Å². The Kier molecular flexibility index (Phi) is 5.77. The zero-order valence-electron chi connectivity index (χ0n) is 11.3. The minimum absolute atomic E-state index is 0.00912. The SMILES string of the molecule is CC(C)CC(C)OC1(CN)CCCCCC1. The van der Waals surface area contributed by atoms with Gasteiger partial charge in [-0.25, -0.2) is 0 Å². The molecule has 1 fully saturated rings. The van der Waals surface area contributed by atoms with Crippen LogP contribution in [0.2, 0.25) is 0 Å². The Bertz CT molecular complexity index is 183. The minimum Gasteiger partial charge on any atom is -0.371 e. The maximum absolute atomic E-state index is 6.29. The molecule has 1 rings (SSSR count). The van der Waals surface area contributed by atoms with Crippen molar-refractivity contribution in [2.45, 2.75) is 77.4 Å². The fourth-order valence-corrected chi connectivity index (χ4v) is 2.88. The highest BCUT2D eigenvalue weighted by Gasteiger charge is 2.32. The van der Waals surface area contributed by atoms with Crippen LogP contribution >= 0.6 is 0 Å². The number of nitrogens with two attached hydrogens (primary N) is 1. The predicted octanol–water partition coefficient (Wildman–Crippen LogP) is 3.49. The van der Waals surface area contributed by atoms with Crippen LogP contribution in [0.15, 0.2) is 0 Å². The molecule has 2 nitrogen and oxygen atoms in total. The van der Waals surface area contributed by atoms with Gasteiger partial charge in [0.1, 0.15) is 0 Å². The van der Waals surface area contributed by atoms with Crippen molar-refractivity contribution in [3.8, 4) is 0 Å². The standard InChI is InChI=1S/C14H29NO/c1-12(2)10-13(3)16-14(11-15)8-6-4-5-7-9-14/h12-13H,4-11,15H2,1-3H3. The lowest BCUT2D eigenvalue weighted by Crippen LogP contribution is -2.43. The van der Waals surface area contributed by atoms with Gasteiger partial charge in [0, 0.05) is 6.54 Å². The van der Waals surface area contributed by atoms with E-state index >= 15 is 0 Å². The first-order chi connectivity index (χ1) is 7.58. The van der Waals surface area contributed by atoms with Crippen LogP contribution in [0.25, 0.3) is 0 Å². The molecule has 1 saturated carbocycles. The second kappa shape index (κ2) is 6.61. The third-order valence-electron chi connectivity index (χ3n) is 3.64. The summed E-state index contributed by atoms with van der Waals surface area (Å²) in [4.78, 5) is 0. The van der Waals surface area contributed by atoms with Crippen LogP contribution < -0.4 is 5.73 Å². The Labute approximate surface area is 101 Å². The Balaban J connectivity index is 2.50. The topological polar surface area (TPSA) is 35.2 Å². The maximum Gasteiger partial charge on any atom is 0.0807 e. The highest BCUT2D eigenvalue weighted by molar-refractivity contribution is 4.85. The van der Waals surface area contributed by atoms with Gasteiger partial charge in [-0.1, -0.05) is 39.5 Å². The molecule has 2 heteroatoms. The van der Waals surface area contributed by atoms with Crippen LogP contribution in [0.4, 0.5) is 0 Å². The van der Waals surface area contributed by atoms with Crippen molar-refractivity contribution in [2.75, 3.05) is 6.54 Å². The smallest absolute Gasteiger partial charge is 0.0807 e. The Morgan fingerprint density at radius 1 is 1.06 bits per heavy atom. The molecule has 96 valence electrons. The Morgan fingerprint density at radius 2 is 1.62 bits per heavy atom. The number of hydrogen-bond donors (Lipinski definition) is 1. The molecule has 16 heavy (non-hydrogen) atoms. The lowest BCUT2D eigenvalue weighted by Gasteiger charge is -2.35. The Morgan fingerprint density at radius 3 is 2.06 bits per heavy atom. The van der Waals surface area contributed by atoms with Crippen LogP contribution in [0.3, 0.4) is 0 Å². The summed E-state index contributed by atoms with van der Waals surface area (Å²) in [6.07, 6.45) is 9.08. The average Bonchev–Trinajstić information content (AvgIpc) is 2.43. The monoisotopic (exact) mass is 227 g/mol. The van der Waals surface area contributed by atoms with E-state index in [1.54, 1.807) is 0 Å². The molecule has 0 radical (unpaired) electrons. The van der Waals surface area contributed by atoms with Crippen molar-refractivity contribution in [3.63, 3.8) is 0 Å². The third-order valence-corrected chi connectivity index (χ3v) is 3.64. The maximum atomic E-state index is 6.29. The average molecular weight is 227 g/mol. The van der Waals surface area contributed by atoms with Gasteiger partial charge in [0.05, 0.1) is 11.7 Å². The van der Waals surface area contributed by atoms with Crippen LogP contribution in [0, 0.1) is 5.92 Å². The third kappa shape index (κ3) is 4.42. The largest absolute Gasteiger partial charge is 0.371 e. The molecule has 0 bridgehead atoms. The quantitative estimate of drug-likeness (QED) is 0.730. The zero-order valence-corrected chi connectivity index (χ0v) is 11.3. The summed E-state index contributed by atoms with van der Waals surface area (Å²) in [5.41, 5.74) is 5.95. The fourth-order valence-electron chi connectivity index (χ4n) is 2.88. The lowest BCUT2D eigenvalue weighted by molar-refractivity contribution is -0.0956. The van der Waals surface area contributed by atoms with Crippen molar-refractivity contribution in [1.82, 2.24) is 0 Å². The van der Waals surface area contributed by atoms with Gasteiger partial charge in [0.15, 0.2) is 0 Å². The van der Waals surface area contributed by atoms with Crippen LogP contribution in [-0.4, -0.2) is 18.2 Å². The summed E-state index contributed by atoms with van der Waals surface area (Å²) in [7, 11) is 0. The van der Waals surface area contributed by atoms with E-state index < -0.39 is 0 Å².